The first kappa shape index (κ1) is 12.7. The minimum absolute atomic E-state index is 0.0487. The summed E-state index contributed by atoms with van der Waals surface area (Å²) in [5, 5.41) is 0. The number of benzene rings is 1. The van der Waals surface area contributed by atoms with Gasteiger partial charge in [0.25, 0.3) is 5.91 Å². The van der Waals surface area contributed by atoms with E-state index in [-0.39, 0.29) is 11.4 Å². The molecule has 0 radical (unpaired) electrons. The summed E-state index contributed by atoms with van der Waals surface area (Å²) in [7, 11) is 0. The van der Waals surface area contributed by atoms with Crippen molar-refractivity contribution in [2.75, 3.05) is 6.73 Å². The highest BCUT2D eigenvalue weighted by Gasteiger charge is 2.36. The zero-order valence-corrected chi connectivity index (χ0v) is 11.4. The van der Waals surface area contributed by atoms with Crippen molar-refractivity contribution in [2.45, 2.75) is 33.2 Å². The molecule has 2 rings (SSSR count). The van der Waals surface area contributed by atoms with Crippen LogP contribution in [-0.2, 0) is 15.1 Å². The third-order valence-corrected chi connectivity index (χ3v) is 3.66. The van der Waals surface area contributed by atoms with Gasteiger partial charge in [0.15, 0.2) is 6.73 Å². The first-order valence-corrected chi connectivity index (χ1v) is 6.12. The van der Waals surface area contributed by atoms with Crippen LogP contribution >= 0.6 is 0 Å². The van der Waals surface area contributed by atoms with Crippen LogP contribution in [0.25, 0.3) is 0 Å². The van der Waals surface area contributed by atoms with Gasteiger partial charge in [-0.05, 0) is 33.3 Å². The summed E-state index contributed by atoms with van der Waals surface area (Å²) in [6.45, 7) is 8.03. The van der Waals surface area contributed by atoms with Crippen molar-refractivity contribution in [3.05, 3.63) is 47.2 Å². The molecule has 1 aliphatic rings. The van der Waals surface area contributed by atoms with E-state index in [0.717, 1.165) is 11.3 Å². The van der Waals surface area contributed by atoms with Gasteiger partial charge in [-0.2, -0.15) is 0 Å². The number of rotatable bonds is 2. The van der Waals surface area contributed by atoms with Crippen molar-refractivity contribution in [1.29, 1.82) is 0 Å². The average Bonchev–Trinajstić information content (AvgIpc) is 2.37. The van der Waals surface area contributed by atoms with Gasteiger partial charge in [0.1, 0.15) is 5.76 Å². The zero-order valence-electron chi connectivity index (χ0n) is 11.4. The third-order valence-electron chi connectivity index (χ3n) is 3.66. The highest BCUT2D eigenvalue weighted by atomic mass is 16.5. The molecule has 1 aromatic rings. The van der Waals surface area contributed by atoms with E-state index < -0.39 is 0 Å². The van der Waals surface area contributed by atoms with Gasteiger partial charge >= 0.3 is 0 Å². The molecule has 96 valence electrons. The molecule has 1 aliphatic heterocycles. The second kappa shape index (κ2) is 4.48. The Morgan fingerprint density at radius 1 is 1.17 bits per heavy atom. The molecular weight excluding hydrogens is 226 g/mol. The maximum Gasteiger partial charge on any atom is 0.256 e. The van der Waals surface area contributed by atoms with Gasteiger partial charge in [0.05, 0.1) is 11.1 Å². The van der Waals surface area contributed by atoms with Crippen LogP contribution in [-0.4, -0.2) is 17.5 Å². The van der Waals surface area contributed by atoms with Crippen LogP contribution in [0.2, 0.25) is 0 Å². The summed E-state index contributed by atoms with van der Waals surface area (Å²) >= 11 is 0. The van der Waals surface area contributed by atoms with Crippen LogP contribution in [0.4, 0.5) is 0 Å². The predicted molar refractivity (Wildman–Crippen MR) is 70.6 cm³/mol. The smallest absolute Gasteiger partial charge is 0.256 e. The lowest BCUT2D eigenvalue weighted by atomic mass is 9.91. The van der Waals surface area contributed by atoms with Gasteiger partial charge in [-0.15, -0.1) is 0 Å². The Hall–Kier alpha value is -1.77. The molecule has 18 heavy (non-hydrogen) atoms. The molecule has 1 heterocycles. The number of nitrogens with zero attached hydrogens (tertiary/aromatic N) is 1. The van der Waals surface area contributed by atoms with E-state index in [1.165, 1.54) is 0 Å². The first-order valence-electron chi connectivity index (χ1n) is 6.12. The molecule has 0 aliphatic carbocycles. The molecule has 0 saturated heterocycles. The number of hydrogen-bond acceptors (Lipinski definition) is 2. The number of allylic oxidation sites excluding steroid dienone is 1. The second-order valence-electron chi connectivity index (χ2n) is 5.11. The highest BCUT2D eigenvalue weighted by molar-refractivity contribution is 5.94. The molecule has 0 bridgehead atoms. The standard InChI is InChI=1S/C15H19NO2/c1-11-12(2)18-10-16(14(11)17)15(3,4)13-8-6-5-7-9-13/h5-9H,10H2,1-4H3. The van der Waals surface area contributed by atoms with Gasteiger partial charge in [-0.3, -0.25) is 9.69 Å². The molecule has 1 aromatic carbocycles. The Morgan fingerprint density at radius 3 is 2.39 bits per heavy atom. The summed E-state index contributed by atoms with van der Waals surface area (Å²) in [6, 6.07) is 10.0. The molecule has 0 spiro atoms. The Labute approximate surface area is 108 Å². The van der Waals surface area contributed by atoms with E-state index in [0.29, 0.717) is 12.3 Å². The highest BCUT2D eigenvalue weighted by Crippen LogP contribution is 2.31. The van der Waals surface area contributed by atoms with E-state index in [9.17, 15) is 4.79 Å². The Kier molecular flexibility index (Phi) is 3.16. The third kappa shape index (κ3) is 2.01. The summed E-state index contributed by atoms with van der Waals surface area (Å²) in [5.74, 6) is 0.771. The predicted octanol–water partition coefficient (Wildman–Crippen LogP) is 3.03. The van der Waals surface area contributed by atoms with Crippen LogP contribution < -0.4 is 0 Å². The van der Waals surface area contributed by atoms with Crippen LogP contribution in [0.15, 0.2) is 41.7 Å². The van der Waals surface area contributed by atoms with Gasteiger partial charge in [-0.25, -0.2) is 0 Å². The number of hydrogen-bond donors (Lipinski definition) is 0. The van der Waals surface area contributed by atoms with Crippen LogP contribution in [0, 0.1) is 0 Å². The molecule has 0 unspecified atom stereocenters. The molecule has 0 saturated carbocycles. The van der Waals surface area contributed by atoms with Crippen molar-refractivity contribution in [3.63, 3.8) is 0 Å². The lowest BCUT2D eigenvalue weighted by molar-refractivity contribution is -0.142. The summed E-state index contributed by atoms with van der Waals surface area (Å²) < 4.78 is 5.57. The van der Waals surface area contributed by atoms with Gasteiger partial charge < -0.3 is 4.74 Å². The Balaban J connectivity index is 2.35. The minimum Gasteiger partial charge on any atom is -0.477 e. The number of carbonyl (C=O) groups is 1. The quantitative estimate of drug-likeness (QED) is 0.801. The zero-order chi connectivity index (χ0) is 13.3. The molecule has 1 amide bonds. The maximum absolute atomic E-state index is 12.3. The fourth-order valence-corrected chi connectivity index (χ4v) is 2.10. The van der Waals surface area contributed by atoms with E-state index in [2.05, 4.69) is 0 Å². The molecular formula is C15H19NO2. The topological polar surface area (TPSA) is 29.5 Å². The fourth-order valence-electron chi connectivity index (χ4n) is 2.10. The van der Waals surface area contributed by atoms with Crippen molar-refractivity contribution in [2.24, 2.45) is 0 Å². The van der Waals surface area contributed by atoms with Crippen LogP contribution in [0.5, 0.6) is 0 Å². The monoisotopic (exact) mass is 245 g/mol. The van der Waals surface area contributed by atoms with E-state index in [1.807, 2.05) is 58.0 Å². The van der Waals surface area contributed by atoms with Gasteiger partial charge in [-0.1, -0.05) is 30.3 Å². The van der Waals surface area contributed by atoms with Crippen molar-refractivity contribution < 1.29 is 9.53 Å². The minimum atomic E-state index is -0.375. The molecule has 3 heteroatoms. The van der Waals surface area contributed by atoms with E-state index in [4.69, 9.17) is 4.74 Å². The van der Waals surface area contributed by atoms with Crippen molar-refractivity contribution >= 4 is 5.91 Å². The second-order valence-corrected chi connectivity index (χ2v) is 5.11. The first-order chi connectivity index (χ1) is 8.44. The number of amides is 1. The summed E-state index contributed by atoms with van der Waals surface area (Å²) in [4.78, 5) is 14.1. The fraction of sp³-hybridized carbons (Fsp3) is 0.400. The number of carbonyl (C=O) groups excluding carboxylic acids is 1. The normalized spacial score (nSPS) is 16.9. The lowest BCUT2D eigenvalue weighted by Crippen LogP contribution is -2.49. The van der Waals surface area contributed by atoms with Gasteiger partial charge in [0, 0.05) is 0 Å². The van der Waals surface area contributed by atoms with Crippen LogP contribution in [0.3, 0.4) is 0 Å². The molecule has 0 aromatic heterocycles. The lowest BCUT2D eigenvalue weighted by Gasteiger charge is -2.41. The van der Waals surface area contributed by atoms with Crippen molar-refractivity contribution in [3.8, 4) is 0 Å². The summed E-state index contributed by atoms with van der Waals surface area (Å²) in [6.07, 6.45) is 0. The molecule has 3 nitrogen and oxygen atoms in total. The summed E-state index contributed by atoms with van der Waals surface area (Å²) in [5.41, 5.74) is 1.42. The van der Waals surface area contributed by atoms with E-state index in [1.54, 1.807) is 4.90 Å². The Bertz CT molecular complexity index is 488. The molecule has 0 N–H and O–H groups in total. The molecule has 0 atom stereocenters. The SMILES string of the molecule is CC1=C(C)C(=O)N(C(C)(C)c2ccccc2)CO1. The van der Waals surface area contributed by atoms with Crippen LogP contribution in [0.1, 0.15) is 33.3 Å². The largest absolute Gasteiger partial charge is 0.477 e. The van der Waals surface area contributed by atoms with Crippen molar-refractivity contribution in [1.82, 2.24) is 4.90 Å². The maximum atomic E-state index is 12.3. The average molecular weight is 245 g/mol. The molecule has 0 fully saturated rings. The number of ether oxygens (including phenoxy) is 1. The Morgan fingerprint density at radius 2 is 1.78 bits per heavy atom. The van der Waals surface area contributed by atoms with Gasteiger partial charge in [0.2, 0.25) is 0 Å². The van der Waals surface area contributed by atoms with E-state index >= 15 is 0 Å².